The predicted octanol–water partition coefficient (Wildman–Crippen LogP) is 22.6. The second kappa shape index (κ2) is 22.9. The molecule has 0 saturated heterocycles. The number of hydrogen-bond acceptors (Lipinski definition) is 3. The highest BCUT2D eigenvalue weighted by Gasteiger charge is 2.50. The van der Waals surface area contributed by atoms with E-state index in [1.807, 2.05) is 164 Å². The van der Waals surface area contributed by atoms with Gasteiger partial charge in [-0.05, 0) is 216 Å². The van der Waals surface area contributed by atoms with E-state index in [4.69, 9.17) is 9.47 Å². The van der Waals surface area contributed by atoms with E-state index >= 15 is 17.6 Å². The first kappa shape index (κ1) is 56.0. The summed E-state index contributed by atoms with van der Waals surface area (Å²) in [6.45, 7) is 7.76. The third-order valence-corrected chi connectivity index (χ3v) is 17.9. The van der Waals surface area contributed by atoms with Gasteiger partial charge in [0.2, 0.25) is 0 Å². The van der Waals surface area contributed by atoms with E-state index < -0.39 is 34.1 Å². The molecular weight excluding hydrogens is 1130 g/mol. The fraction of sp³-hybridized carbons (Fsp3) is 0.0238. The molecule has 0 N–H and O–H groups in total. The number of anilines is 3. The van der Waals surface area contributed by atoms with E-state index in [1.165, 1.54) is 24.3 Å². The van der Waals surface area contributed by atoms with Gasteiger partial charge in [-0.15, -0.1) is 0 Å². The van der Waals surface area contributed by atoms with Crippen molar-refractivity contribution in [2.45, 2.75) is 10.8 Å². The standard InChI is InChI=1S/C84H55F4NO2/c1-3-54-21-37-67(38-22-54)90-69-41-27-60(28-42-69)83(79-50-62(85)31-47-81(79)87)75-19-10-8-17-71(75)73-45-35-65(52-77(73)83)89(64-33-25-57(26-34-64)59-16-12-15-58(49-59)56-13-6-5-7-14-56)66-36-46-74-72-18-9-11-20-76(72)84(78(74)53-66,80-51-63(86)32-48-82(80)88)61-29-43-70(44-30-61)91-68-39-23-55(4-2)24-40-68/h3-53H,1-2H2. The van der Waals surface area contributed by atoms with Gasteiger partial charge in [0, 0.05) is 28.2 Å². The molecule has 15 rings (SSSR count). The monoisotopic (exact) mass is 1190 g/mol. The van der Waals surface area contributed by atoms with Gasteiger partial charge in [-0.25, -0.2) is 17.6 Å². The summed E-state index contributed by atoms with van der Waals surface area (Å²) in [6, 6.07) is 93.1. The maximum absolute atomic E-state index is 17.4. The first-order chi connectivity index (χ1) is 44.6. The average Bonchev–Trinajstić information content (AvgIpc) is 1.62. The first-order valence-electron chi connectivity index (χ1n) is 30.1. The number of fused-ring (bicyclic) bond motifs is 6. The molecular formula is C84H55F4NO2. The summed E-state index contributed by atoms with van der Waals surface area (Å²) < 4.78 is 79.8. The minimum absolute atomic E-state index is 0.136. The van der Waals surface area contributed by atoms with Crippen LogP contribution in [0.1, 0.15) is 55.6 Å². The first-order valence-corrected chi connectivity index (χ1v) is 30.1. The van der Waals surface area contributed by atoms with Crippen molar-refractivity contribution in [2.75, 3.05) is 4.90 Å². The number of ether oxygens (including phenoxy) is 2. The van der Waals surface area contributed by atoms with Gasteiger partial charge in [-0.2, -0.15) is 0 Å². The zero-order chi connectivity index (χ0) is 61.8. The normalized spacial score (nSPS) is 15.0. The predicted molar refractivity (Wildman–Crippen MR) is 360 cm³/mol. The molecule has 0 saturated carbocycles. The van der Waals surface area contributed by atoms with Crippen LogP contribution in [0.5, 0.6) is 23.0 Å². The highest BCUT2D eigenvalue weighted by molar-refractivity contribution is 5.93. The van der Waals surface area contributed by atoms with Crippen molar-refractivity contribution in [1.82, 2.24) is 0 Å². The number of rotatable bonds is 15. The van der Waals surface area contributed by atoms with E-state index in [9.17, 15) is 0 Å². The van der Waals surface area contributed by atoms with Crippen LogP contribution in [-0.4, -0.2) is 0 Å². The molecule has 2 aliphatic carbocycles. The summed E-state index contributed by atoms with van der Waals surface area (Å²) in [6.07, 6.45) is 3.54. The molecule has 3 nitrogen and oxygen atoms in total. The van der Waals surface area contributed by atoms with Crippen molar-refractivity contribution >= 4 is 29.2 Å². The van der Waals surface area contributed by atoms with Crippen LogP contribution in [0.3, 0.4) is 0 Å². The van der Waals surface area contributed by atoms with E-state index in [2.05, 4.69) is 115 Å². The minimum atomic E-state index is -1.41. The third-order valence-electron chi connectivity index (χ3n) is 17.9. The molecule has 2 atom stereocenters. The Morgan fingerprint density at radius 2 is 0.659 bits per heavy atom. The third kappa shape index (κ3) is 9.61. The minimum Gasteiger partial charge on any atom is -0.457 e. The van der Waals surface area contributed by atoms with Crippen LogP contribution < -0.4 is 14.4 Å². The average molecular weight is 1190 g/mol. The van der Waals surface area contributed by atoms with Gasteiger partial charge in [-0.3, -0.25) is 0 Å². The fourth-order valence-corrected chi connectivity index (χ4v) is 13.8. The van der Waals surface area contributed by atoms with Crippen molar-refractivity contribution in [3.63, 3.8) is 0 Å². The summed E-state index contributed by atoms with van der Waals surface area (Å²) in [4.78, 5) is 2.15. The summed E-state index contributed by atoms with van der Waals surface area (Å²) >= 11 is 0. The Labute approximate surface area is 526 Å². The van der Waals surface area contributed by atoms with Crippen LogP contribution >= 0.6 is 0 Å². The summed E-state index contributed by atoms with van der Waals surface area (Å²) in [7, 11) is 0. The number of nitrogens with zero attached hydrogens (tertiary/aromatic N) is 1. The van der Waals surface area contributed by atoms with Crippen LogP contribution in [-0.2, 0) is 10.8 Å². The molecule has 0 spiro atoms. The lowest BCUT2D eigenvalue weighted by Crippen LogP contribution is -2.30. The van der Waals surface area contributed by atoms with Gasteiger partial charge in [0.05, 0.1) is 10.8 Å². The molecule has 0 aliphatic heterocycles. The highest BCUT2D eigenvalue weighted by Crippen LogP contribution is 2.61. The lowest BCUT2D eigenvalue weighted by atomic mass is 9.67. The van der Waals surface area contributed by atoms with E-state index in [-0.39, 0.29) is 11.1 Å². The molecule has 436 valence electrons. The smallest absolute Gasteiger partial charge is 0.128 e. The van der Waals surface area contributed by atoms with Crippen molar-refractivity contribution < 1.29 is 27.0 Å². The van der Waals surface area contributed by atoms with Crippen LogP contribution in [0.25, 0.3) is 56.7 Å². The Balaban J connectivity index is 0.945. The molecule has 13 aromatic rings. The van der Waals surface area contributed by atoms with Gasteiger partial charge in [0.15, 0.2) is 0 Å². The molecule has 7 heteroatoms. The lowest BCUT2D eigenvalue weighted by Gasteiger charge is -2.36. The van der Waals surface area contributed by atoms with Crippen LogP contribution in [0.4, 0.5) is 34.6 Å². The van der Waals surface area contributed by atoms with Gasteiger partial charge >= 0.3 is 0 Å². The van der Waals surface area contributed by atoms with Gasteiger partial charge in [-0.1, -0.05) is 195 Å². The Morgan fingerprint density at radius 3 is 1.10 bits per heavy atom. The summed E-state index contributed by atoms with van der Waals surface area (Å²) in [5, 5.41) is 0. The van der Waals surface area contributed by atoms with Crippen LogP contribution in [0.15, 0.2) is 310 Å². The lowest BCUT2D eigenvalue weighted by molar-refractivity contribution is 0.481. The van der Waals surface area contributed by atoms with Crippen molar-refractivity contribution in [3.8, 4) is 67.5 Å². The van der Waals surface area contributed by atoms with Gasteiger partial charge in [0.1, 0.15) is 46.3 Å². The second-order valence-corrected chi connectivity index (χ2v) is 22.9. The van der Waals surface area contributed by atoms with E-state index in [1.54, 1.807) is 12.2 Å². The van der Waals surface area contributed by atoms with Crippen LogP contribution in [0.2, 0.25) is 0 Å². The molecule has 0 bridgehead atoms. The molecule has 0 amide bonds. The van der Waals surface area contributed by atoms with Crippen molar-refractivity contribution in [2.24, 2.45) is 0 Å². The topological polar surface area (TPSA) is 21.7 Å². The van der Waals surface area contributed by atoms with Crippen molar-refractivity contribution in [3.05, 3.63) is 389 Å². The maximum atomic E-state index is 17.4. The summed E-state index contributed by atoms with van der Waals surface area (Å²) in [5.41, 5.74) is 13.4. The Hall–Kier alpha value is -11.5. The van der Waals surface area contributed by atoms with Crippen molar-refractivity contribution in [1.29, 1.82) is 0 Å². The number of hydrogen-bond donors (Lipinski definition) is 0. The molecule has 0 heterocycles. The molecule has 0 radical (unpaired) electrons. The Kier molecular flexibility index (Phi) is 14.1. The molecule has 13 aromatic carbocycles. The quantitative estimate of drug-likeness (QED) is 0.0955. The fourth-order valence-electron chi connectivity index (χ4n) is 13.8. The molecule has 2 aliphatic rings. The Morgan fingerprint density at radius 1 is 0.286 bits per heavy atom. The highest BCUT2D eigenvalue weighted by atomic mass is 19.1. The molecule has 2 unspecified atom stereocenters. The molecule has 91 heavy (non-hydrogen) atoms. The maximum Gasteiger partial charge on any atom is 0.128 e. The van der Waals surface area contributed by atoms with Gasteiger partial charge in [0.25, 0.3) is 0 Å². The number of benzene rings is 13. The van der Waals surface area contributed by atoms with Gasteiger partial charge < -0.3 is 14.4 Å². The number of halogens is 4. The van der Waals surface area contributed by atoms with E-state index in [0.29, 0.717) is 56.6 Å². The zero-order valence-corrected chi connectivity index (χ0v) is 49.1. The summed E-state index contributed by atoms with van der Waals surface area (Å²) in [5.74, 6) is 0.0232. The zero-order valence-electron chi connectivity index (χ0n) is 49.1. The molecule has 0 fully saturated rings. The van der Waals surface area contributed by atoms with Crippen LogP contribution in [0, 0.1) is 23.3 Å². The van der Waals surface area contributed by atoms with E-state index in [0.717, 1.165) is 84.6 Å². The molecule has 0 aromatic heterocycles. The largest absolute Gasteiger partial charge is 0.457 e. The Bertz CT molecular complexity index is 4700. The second-order valence-electron chi connectivity index (χ2n) is 22.9. The SMILES string of the molecule is C=Cc1ccc(Oc2ccc(C3(c4cc(F)ccc4F)c4ccccc4-c4ccc(N(c5ccc(-c6cccc(-c7ccccc7)c6)cc5)c5ccc6c(c5)C(c5ccc(Oc7ccc(C=C)cc7)cc5)(c5cc(F)ccc5F)c5ccccc5-6)cc43)cc2)cc1.